The molecule has 0 radical (unpaired) electrons. The van der Waals surface area contributed by atoms with Gasteiger partial charge < -0.3 is 10.1 Å². The van der Waals surface area contributed by atoms with Crippen LogP contribution in [0.2, 0.25) is 0 Å². The molecule has 1 aromatic rings. The Hall–Kier alpha value is -1.14. The van der Waals surface area contributed by atoms with Crippen LogP contribution in [0.4, 0.5) is 4.79 Å². The van der Waals surface area contributed by atoms with Crippen molar-refractivity contribution in [3.63, 3.8) is 0 Å². The molecule has 1 N–H and O–H groups in total. The molecule has 6 heteroatoms. The molecule has 1 unspecified atom stereocenters. The first kappa shape index (κ1) is 15.3. The molecule has 1 aliphatic heterocycles. The molecule has 1 aromatic heterocycles. The first-order valence-electron chi connectivity index (χ1n) is 6.69. The first-order chi connectivity index (χ1) is 9.37. The summed E-state index contributed by atoms with van der Waals surface area (Å²) in [5.41, 5.74) is 0.370. The van der Waals surface area contributed by atoms with Crippen LogP contribution >= 0.6 is 15.9 Å². The number of carbonyl (C=O) groups is 1. The Bertz CT molecular complexity index is 488. The van der Waals surface area contributed by atoms with Crippen molar-refractivity contribution >= 4 is 22.0 Å². The SMILES string of the molecule is CC(C)(C)OC(=O)N1CCNCC1c1cccc(Br)n1. The van der Waals surface area contributed by atoms with Crippen LogP contribution in [0.5, 0.6) is 0 Å². The summed E-state index contributed by atoms with van der Waals surface area (Å²) in [6, 6.07) is 5.63. The zero-order chi connectivity index (χ0) is 14.8. The van der Waals surface area contributed by atoms with E-state index in [2.05, 4.69) is 26.2 Å². The highest BCUT2D eigenvalue weighted by atomic mass is 79.9. The lowest BCUT2D eigenvalue weighted by atomic mass is 10.1. The number of hydrogen-bond donors (Lipinski definition) is 1. The standard InChI is InChI=1S/C14H20BrN3O2/c1-14(2,3)20-13(19)18-8-7-16-9-11(18)10-5-4-6-12(15)17-10/h4-6,11,16H,7-9H2,1-3H3. The Morgan fingerprint density at radius 3 is 2.90 bits per heavy atom. The maximum absolute atomic E-state index is 12.3. The van der Waals surface area contributed by atoms with E-state index in [0.29, 0.717) is 13.1 Å². The van der Waals surface area contributed by atoms with Gasteiger partial charge in [-0.25, -0.2) is 9.78 Å². The lowest BCUT2D eigenvalue weighted by Crippen LogP contribution is -2.50. The summed E-state index contributed by atoms with van der Waals surface area (Å²) < 4.78 is 6.25. The molecule has 1 amide bonds. The summed E-state index contributed by atoms with van der Waals surface area (Å²) >= 11 is 3.37. The van der Waals surface area contributed by atoms with E-state index in [1.807, 2.05) is 39.0 Å². The molecule has 1 aliphatic rings. The molecule has 110 valence electrons. The Morgan fingerprint density at radius 2 is 2.25 bits per heavy atom. The average Bonchev–Trinajstić information content (AvgIpc) is 2.37. The maximum atomic E-state index is 12.3. The van der Waals surface area contributed by atoms with Crippen molar-refractivity contribution in [2.45, 2.75) is 32.4 Å². The molecular formula is C14H20BrN3O2. The predicted molar refractivity (Wildman–Crippen MR) is 80.5 cm³/mol. The van der Waals surface area contributed by atoms with Crippen molar-refractivity contribution in [3.05, 3.63) is 28.5 Å². The summed E-state index contributed by atoms with van der Waals surface area (Å²) in [7, 11) is 0. The first-order valence-corrected chi connectivity index (χ1v) is 7.49. The van der Waals surface area contributed by atoms with Crippen LogP contribution in [0.25, 0.3) is 0 Å². The third-order valence-corrected chi connectivity index (χ3v) is 3.39. The highest BCUT2D eigenvalue weighted by molar-refractivity contribution is 9.10. The van der Waals surface area contributed by atoms with Gasteiger partial charge in [0.2, 0.25) is 0 Å². The number of piperazine rings is 1. The molecule has 2 rings (SSSR count). The number of nitrogens with one attached hydrogen (secondary N) is 1. The molecule has 5 nitrogen and oxygen atoms in total. The van der Waals surface area contributed by atoms with Crippen molar-refractivity contribution in [2.75, 3.05) is 19.6 Å². The monoisotopic (exact) mass is 341 g/mol. The molecule has 0 aromatic carbocycles. The number of nitrogens with zero attached hydrogens (tertiary/aromatic N) is 2. The molecule has 2 heterocycles. The fourth-order valence-corrected chi connectivity index (χ4v) is 2.47. The number of hydrogen-bond acceptors (Lipinski definition) is 4. The van der Waals surface area contributed by atoms with E-state index in [1.54, 1.807) is 4.90 Å². The molecular weight excluding hydrogens is 322 g/mol. The van der Waals surface area contributed by atoms with Crippen LogP contribution in [-0.4, -0.2) is 41.2 Å². The number of rotatable bonds is 1. The van der Waals surface area contributed by atoms with Gasteiger partial charge >= 0.3 is 6.09 Å². The fourth-order valence-electron chi connectivity index (χ4n) is 2.12. The molecule has 0 aliphatic carbocycles. The summed E-state index contributed by atoms with van der Waals surface area (Å²) in [6.45, 7) is 7.69. The van der Waals surface area contributed by atoms with E-state index in [9.17, 15) is 4.79 Å². The lowest BCUT2D eigenvalue weighted by molar-refractivity contribution is 0.0113. The van der Waals surface area contributed by atoms with Crippen LogP contribution < -0.4 is 5.32 Å². The van der Waals surface area contributed by atoms with Crippen LogP contribution in [0.3, 0.4) is 0 Å². The van der Waals surface area contributed by atoms with Gasteiger partial charge in [-0.2, -0.15) is 0 Å². The quantitative estimate of drug-likeness (QED) is 0.798. The second-order valence-electron chi connectivity index (χ2n) is 5.78. The van der Waals surface area contributed by atoms with Crippen LogP contribution in [0.15, 0.2) is 22.8 Å². The number of pyridine rings is 1. The molecule has 0 saturated carbocycles. The van der Waals surface area contributed by atoms with Gasteiger partial charge in [0.25, 0.3) is 0 Å². The van der Waals surface area contributed by atoms with E-state index >= 15 is 0 Å². The van der Waals surface area contributed by atoms with E-state index < -0.39 is 5.60 Å². The molecule has 1 fully saturated rings. The average molecular weight is 342 g/mol. The van der Waals surface area contributed by atoms with Gasteiger partial charge in [-0.3, -0.25) is 4.90 Å². The van der Waals surface area contributed by atoms with Crippen LogP contribution in [-0.2, 0) is 4.74 Å². The van der Waals surface area contributed by atoms with E-state index in [0.717, 1.165) is 16.8 Å². The van der Waals surface area contributed by atoms with Gasteiger partial charge in [-0.05, 0) is 48.8 Å². The Balaban J connectivity index is 2.19. The molecule has 0 bridgehead atoms. The number of ether oxygens (including phenoxy) is 1. The second kappa shape index (κ2) is 6.10. The van der Waals surface area contributed by atoms with E-state index in [1.165, 1.54) is 0 Å². The van der Waals surface area contributed by atoms with Crippen molar-refractivity contribution < 1.29 is 9.53 Å². The Kier molecular flexibility index (Phi) is 4.65. The van der Waals surface area contributed by atoms with Gasteiger partial charge in [0.1, 0.15) is 10.2 Å². The Morgan fingerprint density at radius 1 is 1.50 bits per heavy atom. The second-order valence-corrected chi connectivity index (χ2v) is 6.59. The van der Waals surface area contributed by atoms with Crippen LogP contribution in [0.1, 0.15) is 32.5 Å². The maximum Gasteiger partial charge on any atom is 0.410 e. The summed E-state index contributed by atoms with van der Waals surface area (Å²) in [4.78, 5) is 18.5. The van der Waals surface area contributed by atoms with Crippen molar-refractivity contribution in [1.82, 2.24) is 15.2 Å². The van der Waals surface area contributed by atoms with Gasteiger partial charge in [0, 0.05) is 19.6 Å². The lowest BCUT2D eigenvalue weighted by Gasteiger charge is -2.36. The van der Waals surface area contributed by atoms with Crippen molar-refractivity contribution in [1.29, 1.82) is 0 Å². The zero-order valence-corrected chi connectivity index (χ0v) is 13.6. The molecule has 1 saturated heterocycles. The molecule has 0 spiro atoms. The smallest absolute Gasteiger partial charge is 0.410 e. The number of aromatic nitrogens is 1. The summed E-state index contributed by atoms with van der Waals surface area (Å²) in [5, 5.41) is 3.30. The fraction of sp³-hybridized carbons (Fsp3) is 0.571. The summed E-state index contributed by atoms with van der Waals surface area (Å²) in [6.07, 6.45) is -0.286. The largest absolute Gasteiger partial charge is 0.444 e. The minimum atomic E-state index is -0.489. The predicted octanol–water partition coefficient (Wildman–Crippen LogP) is 2.73. The number of amides is 1. The van der Waals surface area contributed by atoms with E-state index in [-0.39, 0.29) is 12.1 Å². The highest BCUT2D eigenvalue weighted by Gasteiger charge is 2.32. The summed E-state index contributed by atoms with van der Waals surface area (Å²) in [5.74, 6) is 0. The third-order valence-electron chi connectivity index (χ3n) is 2.95. The number of halogens is 1. The highest BCUT2D eigenvalue weighted by Crippen LogP contribution is 2.24. The minimum Gasteiger partial charge on any atom is -0.444 e. The van der Waals surface area contributed by atoms with Crippen LogP contribution in [0, 0.1) is 0 Å². The van der Waals surface area contributed by atoms with Gasteiger partial charge in [0.05, 0.1) is 11.7 Å². The van der Waals surface area contributed by atoms with Crippen molar-refractivity contribution in [3.8, 4) is 0 Å². The van der Waals surface area contributed by atoms with Gasteiger partial charge in [0.15, 0.2) is 0 Å². The van der Waals surface area contributed by atoms with Gasteiger partial charge in [-0.15, -0.1) is 0 Å². The third kappa shape index (κ3) is 3.93. The topological polar surface area (TPSA) is 54.5 Å². The normalized spacial score (nSPS) is 19.8. The minimum absolute atomic E-state index is 0.101. The Labute approximate surface area is 127 Å². The van der Waals surface area contributed by atoms with Crippen molar-refractivity contribution in [2.24, 2.45) is 0 Å². The number of carbonyl (C=O) groups excluding carboxylic acids is 1. The van der Waals surface area contributed by atoms with Gasteiger partial charge in [-0.1, -0.05) is 6.07 Å². The van der Waals surface area contributed by atoms with E-state index in [4.69, 9.17) is 4.74 Å². The zero-order valence-electron chi connectivity index (χ0n) is 12.0. The molecule has 20 heavy (non-hydrogen) atoms. The molecule has 1 atom stereocenters.